The molecule has 3 rings (SSSR count). The third kappa shape index (κ3) is 2.44. The van der Waals surface area contributed by atoms with Gasteiger partial charge in [0.2, 0.25) is 0 Å². The van der Waals surface area contributed by atoms with Crippen LogP contribution in [0.4, 0.5) is 5.69 Å². The van der Waals surface area contributed by atoms with Crippen molar-refractivity contribution in [2.45, 2.75) is 31.7 Å². The highest BCUT2D eigenvalue weighted by Crippen LogP contribution is 2.46. The molecule has 17 heavy (non-hydrogen) atoms. The summed E-state index contributed by atoms with van der Waals surface area (Å²) in [5.41, 5.74) is 7.86. The van der Waals surface area contributed by atoms with E-state index in [4.69, 9.17) is 18.0 Å². The largest absolute Gasteiger partial charge is 0.389 e. The average molecular weight is 246 g/mol. The minimum atomic E-state index is 0.485. The lowest BCUT2D eigenvalue weighted by Gasteiger charge is -2.21. The first-order chi connectivity index (χ1) is 8.25. The minimum absolute atomic E-state index is 0.485. The maximum Gasteiger partial charge on any atom is 0.106 e. The molecule has 0 atom stereocenters. The minimum Gasteiger partial charge on any atom is -0.389 e. The number of thiocarbonyl (C=S) groups is 1. The molecule has 90 valence electrons. The van der Waals surface area contributed by atoms with E-state index in [1.807, 2.05) is 18.2 Å². The number of hydrogen-bond donors (Lipinski definition) is 2. The number of benzene rings is 1. The molecule has 0 aromatic heterocycles. The second-order valence-electron chi connectivity index (χ2n) is 5.25. The molecule has 0 spiro atoms. The summed E-state index contributed by atoms with van der Waals surface area (Å²) in [6, 6.07) is 8.77. The Morgan fingerprint density at radius 1 is 1.18 bits per heavy atom. The summed E-state index contributed by atoms with van der Waals surface area (Å²) >= 11 is 5.10. The molecule has 1 aromatic carbocycles. The van der Waals surface area contributed by atoms with Crippen LogP contribution >= 0.6 is 12.2 Å². The lowest BCUT2D eigenvalue weighted by molar-refractivity contribution is 0.568. The summed E-state index contributed by atoms with van der Waals surface area (Å²) in [5.74, 6) is 1.75. The summed E-state index contributed by atoms with van der Waals surface area (Å²) < 4.78 is 0. The summed E-state index contributed by atoms with van der Waals surface area (Å²) in [7, 11) is 0. The normalized spacial score (nSPS) is 19.4. The summed E-state index contributed by atoms with van der Waals surface area (Å²) in [5, 5.41) is 3.69. The van der Waals surface area contributed by atoms with E-state index in [2.05, 4.69) is 11.4 Å². The highest BCUT2D eigenvalue weighted by molar-refractivity contribution is 7.80. The molecular formula is C14H18N2S. The summed E-state index contributed by atoms with van der Waals surface area (Å²) in [4.78, 5) is 0.485. The highest BCUT2D eigenvalue weighted by atomic mass is 32.1. The van der Waals surface area contributed by atoms with Crippen molar-refractivity contribution in [1.29, 1.82) is 0 Å². The van der Waals surface area contributed by atoms with E-state index in [0.29, 0.717) is 11.0 Å². The lowest BCUT2D eigenvalue weighted by Crippen LogP contribution is -2.26. The van der Waals surface area contributed by atoms with Crippen LogP contribution in [0.15, 0.2) is 24.3 Å². The highest BCUT2D eigenvalue weighted by Gasteiger charge is 2.41. The predicted octanol–water partition coefficient (Wildman–Crippen LogP) is 2.92. The van der Waals surface area contributed by atoms with Gasteiger partial charge >= 0.3 is 0 Å². The van der Waals surface area contributed by atoms with Crippen LogP contribution in [0.25, 0.3) is 0 Å². The molecule has 0 aliphatic heterocycles. The Kier molecular flexibility index (Phi) is 2.79. The van der Waals surface area contributed by atoms with Crippen molar-refractivity contribution < 1.29 is 0 Å². The fraction of sp³-hybridized carbons (Fsp3) is 0.500. The van der Waals surface area contributed by atoms with Crippen molar-refractivity contribution in [3.63, 3.8) is 0 Å². The topological polar surface area (TPSA) is 38.0 Å². The first kappa shape index (κ1) is 11.0. The Balaban J connectivity index is 1.80. The van der Waals surface area contributed by atoms with Gasteiger partial charge in [0.05, 0.1) is 0 Å². The van der Waals surface area contributed by atoms with Gasteiger partial charge in [0.1, 0.15) is 4.99 Å². The van der Waals surface area contributed by atoms with E-state index in [0.717, 1.165) is 23.1 Å². The van der Waals surface area contributed by atoms with Crippen molar-refractivity contribution in [2.75, 3.05) is 5.32 Å². The smallest absolute Gasteiger partial charge is 0.106 e. The fourth-order valence-corrected chi connectivity index (χ4v) is 2.71. The van der Waals surface area contributed by atoms with Crippen LogP contribution in [0.1, 0.15) is 31.2 Å². The van der Waals surface area contributed by atoms with Crippen molar-refractivity contribution in [3.05, 3.63) is 29.8 Å². The first-order valence-corrected chi connectivity index (χ1v) is 6.82. The van der Waals surface area contributed by atoms with E-state index in [-0.39, 0.29) is 0 Å². The van der Waals surface area contributed by atoms with Gasteiger partial charge in [-0.1, -0.05) is 24.4 Å². The number of hydrogen-bond acceptors (Lipinski definition) is 2. The Hall–Kier alpha value is -1.09. The van der Waals surface area contributed by atoms with Crippen LogP contribution in [0.2, 0.25) is 0 Å². The molecule has 0 unspecified atom stereocenters. The summed E-state index contributed by atoms with van der Waals surface area (Å²) in [6.45, 7) is 0. The maximum absolute atomic E-state index is 5.77. The molecule has 1 aromatic rings. The van der Waals surface area contributed by atoms with Crippen molar-refractivity contribution in [1.82, 2.24) is 0 Å². The van der Waals surface area contributed by atoms with Gasteiger partial charge in [0, 0.05) is 17.3 Å². The van der Waals surface area contributed by atoms with Gasteiger partial charge in [0.15, 0.2) is 0 Å². The van der Waals surface area contributed by atoms with Crippen LogP contribution in [0.3, 0.4) is 0 Å². The second kappa shape index (κ2) is 4.30. The number of rotatable bonds is 5. The SMILES string of the molecule is NC(=S)c1ccccc1NC(C1CC1)C1CC1. The molecule has 2 fully saturated rings. The van der Waals surface area contributed by atoms with E-state index < -0.39 is 0 Å². The molecule has 3 N–H and O–H groups in total. The van der Waals surface area contributed by atoms with Crippen LogP contribution in [-0.2, 0) is 0 Å². The molecule has 3 heteroatoms. The molecule has 0 heterocycles. The molecule has 2 saturated carbocycles. The standard InChI is InChI=1S/C14H18N2S/c15-14(17)11-3-1-2-4-12(11)16-13(9-5-6-9)10-7-8-10/h1-4,9-10,13,16H,5-8H2,(H2,15,17). The van der Waals surface area contributed by atoms with E-state index in [9.17, 15) is 0 Å². The molecule has 2 nitrogen and oxygen atoms in total. The number of nitrogens with two attached hydrogens (primary N) is 1. The van der Waals surface area contributed by atoms with Crippen molar-refractivity contribution in [3.8, 4) is 0 Å². The molecular weight excluding hydrogens is 228 g/mol. The van der Waals surface area contributed by atoms with Crippen molar-refractivity contribution >= 4 is 22.9 Å². The van der Waals surface area contributed by atoms with Gasteiger partial charge in [-0.25, -0.2) is 0 Å². The summed E-state index contributed by atoms with van der Waals surface area (Å²) in [6.07, 6.45) is 5.51. The maximum atomic E-state index is 5.77. The van der Waals surface area contributed by atoms with Gasteiger partial charge in [-0.3, -0.25) is 0 Å². The number of para-hydroxylation sites is 1. The van der Waals surface area contributed by atoms with Crippen molar-refractivity contribution in [2.24, 2.45) is 17.6 Å². The van der Waals surface area contributed by atoms with E-state index in [1.54, 1.807) is 0 Å². The zero-order chi connectivity index (χ0) is 11.8. The van der Waals surface area contributed by atoms with E-state index in [1.165, 1.54) is 25.7 Å². The first-order valence-electron chi connectivity index (χ1n) is 6.41. The third-order valence-corrected chi connectivity index (χ3v) is 3.99. The molecule has 0 amide bonds. The molecule has 2 aliphatic rings. The monoisotopic (exact) mass is 246 g/mol. The Morgan fingerprint density at radius 2 is 1.76 bits per heavy atom. The molecule has 2 aliphatic carbocycles. The molecule has 0 saturated heterocycles. The van der Waals surface area contributed by atoms with Gasteiger partial charge < -0.3 is 11.1 Å². The average Bonchev–Trinajstić information content (AvgIpc) is 3.16. The van der Waals surface area contributed by atoms with Crippen LogP contribution in [0.5, 0.6) is 0 Å². The fourth-order valence-electron chi connectivity index (χ4n) is 2.53. The Labute approximate surface area is 108 Å². The zero-order valence-corrected chi connectivity index (χ0v) is 10.7. The van der Waals surface area contributed by atoms with Gasteiger partial charge in [-0.2, -0.15) is 0 Å². The lowest BCUT2D eigenvalue weighted by atomic mass is 10.1. The quantitative estimate of drug-likeness (QED) is 0.785. The third-order valence-electron chi connectivity index (χ3n) is 3.77. The number of nitrogens with one attached hydrogen (secondary N) is 1. The molecule has 0 bridgehead atoms. The Morgan fingerprint density at radius 3 is 2.29 bits per heavy atom. The zero-order valence-electron chi connectivity index (χ0n) is 9.86. The second-order valence-corrected chi connectivity index (χ2v) is 5.69. The van der Waals surface area contributed by atoms with Crippen LogP contribution in [-0.4, -0.2) is 11.0 Å². The van der Waals surface area contributed by atoms with Gasteiger partial charge in [-0.05, 0) is 49.7 Å². The molecule has 0 radical (unpaired) electrons. The predicted molar refractivity (Wildman–Crippen MR) is 75.2 cm³/mol. The van der Waals surface area contributed by atoms with E-state index >= 15 is 0 Å². The van der Waals surface area contributed by atoms with Gasteiger partial charge in [-0.15, -0.1) is 0 Å². The number of anilines is 1. The van der Waals surface area contributed by atoms with Crippen LogP contribution < -0.4 is 11.1 Å². The Bertz CT molecular complexity index is 424. The van der Waals surface area contributed by atoms with Gasteiger partial charge in [0.25, 0.3) is 0 Å². The van der Waals surface area contributed by atoms with Crippen LogP contribution in [0, 0.1) is 11.8 Å².